The number of nitrogens with one attached hydrogen (secondary N) is 1. The predicted molar refractivity (Wildman–Crippen MR) is 71.0 cm³/mol. The fourth-order valence-electron chi connectivity index (χ4n) is 2.62. The van der Waals surface area contributed by atoms with Crippen molar-refractivity contribution in [3.8, 4) is 0 Å². The molecular weight excluding hydrogens is 223 g/mol. The minimum absolute atomic E-state index is 0.221. The fraction of sp³-hybridized carbons (Fsp3) is 1.00. The lowest BCUT2D eigenvalue weighted by Crippen LogP contribution is -2.35. The molecule has 0 aromatic heterocycles. The zero-order chi connectivity index (χ0) is 12.0. The second kappa shape index (κ2) is 7.51. The number of hydrogen-bond donors (Lipinski definition) is 1. The summed E-state index contributed by atoms with van der Waals surface area (Å²) >= 11 is 1.87. The van der Waals surface area contributed by atoms with Crippen LogP contribution >= 0.6 is 11.8 Å². The maximum Gasteiger partial charge on any atom is 0.106 e. The van der Waals surface area contributed by atoms with Gasteiger partial charge in [0.2, 0.25) is 0 Å². The van der Waals surface area contributed by atoms with Gasteiger partial charge in [0.05, 0.1) is 0 Å². The van der Waals surface area contributed by atoms with Crippen LogP contribution in [0.15, 0.2) is 0 Å². The first kappa shape index (κ1) is 14.3. The average Bonchev–Trinajstić information content (AvgIpc) is 2.62. The number of nitrogens with zero attached hydrogens (tertiary/aromatic N) is 1. The summed E-state index contributed by atoms with van der Waals surface area (Å²) in [7, 11) is 1.91. The Labute approximate surface area is 103 Å². The third-order valence-corrected chi connectivity index (χ3v) is 4.15. The first-order chi connectivity index (χ1) is 7.72. The summed E-state index contributed by atoms with van der Waals surface area (Å²) < 4.78 is 13.8. The van der Waals surface area contributed by atoms with Crippen LogP contribution in [0.4, 0.5) is 4.39 Å². The van der Waals surface area contributed by atoms with E-state index in [9.17, 15) is 4.39 Å². The topological polar surface area (TPSA) is 15.3 Å². The van der Waals surface area contributed by atoms with Gasteiger partial charge < -0.3 is 5.32 Å². The zero-order valence-electron chi connectivity index (χ0n) is 10.7. The highest BCUT2D eigenvalue weighted by atomic mass is 32.2. The summed E-state index contributed by atoms with van der Waals surface area (Å²) in [6.07, 6.45) is 3.27. The monoisotopic (exact) mass is 248 g/mol. The van der Waals surface area contributed by atoms with E-state index in [1.54, 1.807) is 0 Å². The lowest BCUT2D eigenvalue weighted by molar-refractivity contribution is 0.209. The molecule has 0 spiro atoms. The van der Waals surface area contributed by atoms with Gasteiger partial charge in [0, 0.05) is 30.8 Å². The summed E-state index contributed by atoms with van der Waals surface area (Å²) in [5, 5.41) is 3.10. The molecular formula is C12H25FN2S. The van der Waals surface area contributed by atoms with Crippen molar-refractivity contribution in [2.24, 2.45) is 5.92 Å². The van der Waals surface area contributed by atoms with Crippen molar-refractivity contribution in [1.29, 1.82) is 0 Å². The average molecular weight is 248 g/mol. The van der Waals surface area contributed by atoms with Crippen molar-refractivity contribution in [2.75, 3.05) is 38.7 Å². The van der Waals surface area contributed by atoms with E-state index in [4.69, 9.17) is 0 Å². The van der Waals surface area contributed by atoms with Crippen LogP contribution in [0, 0.1) is 5.92 Å². The second-order valence-corrected chi connectivity index (χ2v) is 5.57. The van der Waals surface area contributed by atoms with Gasteiger partial charge in [0.1, 0.15) is 6.17 Å². The van der Waals surface area contributed by atoms with Gasteiger partial charge in [-0.15, -0.1) is 0 Å². The van der Waals surface area contributed by atoms with Gasteiger partial charge in [-0.3, -0.25) is 4.90 Å². The molecule has 96 valence electrons. The molecule has 1 rings (SSSR count). The van der Waals surface area contributed by atoms with E-state index < -0.39 is 6.17 Å². The Kier molecular flexibility index (Phi) is 6.70. The lowest BCUT2D eigenvalue weighted by atomic mass is 10.1. The molecule has 0 saturated heterocycles. The molecule has 0 bridgehead atoms. The highest BCUT2D eigenvalue weighted by Gasteiger charge is 2.36. The lowest BCUT2D eigenvalue weighted by Gasteiger charge is -2.27. The minimum Gasteiger partial charge on any atom is -0.319 e. The molecule has 16 heavy (non-hydrogen) atoms. The maximum atomic E-state index is 13.8. The fourth-order valence-corrected chi connectivity index (χ4v) is 3.04. The van der Waals surface area contributed by atoms with Crippen molar-refractivity contribution in [2.45, 2.75) is 32.0 Å². The molecule has 0 aromatic carbocycles. The summed E-state index contributed by atoms with van der Waals surface area (Å²) in [5.41, 5.74) is 0. The van der Waals surface area contributed by atoms with E-state index >= 15 is 0 Å². The molecule has 2 nitrogen and oxygen atoms in total. The van der Waals surface area contributed by atoms with Crippen LogP contribution in [0.1, 0.15) is 19.8 Å². The standard InChI is InChI=1S/C12H25FN2S/c1-4-15(5-6-16-3)11-7-10(9-14-2)12(13)8-11/h10-12,14H,4-9H2,1-3H3. The van der Waals surface area contributed by atoms with E-state index in [-0.39, 0.29) is 5.92 Å². The summed E-state index contributed by atoms with van der Waals surface area (Å²) in [6, 6.07) is 0.463. The van der Waals surface area contributed by atoms with Crippen LogP contribution in [0.3, 0.4) is 0 Å². The van der Waals surface area contributed by atoms with E-state index in [1.165, 1.54) is 0 Å². The molecule has 3 unspecified atom stereocenters. The summed E-state index contributed by atoms with van der Waals surface area (Å²) in [5.74, 6) is 1.37. The van der Waals surface area contributed by atoms with Gasteiger partial charge in [-0.05, 0) is 32.7 Å². The van der Waals surface area contributed by atoms with E-state index in [0.717, 1.165) is 38.2 Å². The van der Waals surface area contributed by atoms with E-state index in [1.807, 2.05) is 18.8 Å². The van der Waals surface area contributed by atoms with E-state index in [0.29, 0.717) is 6.04 Å². The molecule has 0 radical (unpaired) electrons. The first-order valence-corrected chi connectivity index (χ1v) is 7.63. The summed E-state index contributed by atoms with van der Waals surface area (Å²) in [6.45, 7) is 5.14. The Morgan fingerprint density at radius 1 is 1.44 bits per heavy atom. The van der Waals surface area contributed by atoms with Crippen LogP contribution < -0.4 is 5.32 Å². The molecule has 0 aliphatic heterocycles. The number of alkyl halides is 1. The smallest absolute Gasteiger partial charge is 0.106 e. The number of hydrogen-bond acceptors (Lipinski definition) is 3. The van der Waals surface area contributed by atoms with Crippen LogP contribution in [-0.4, -0.2) is 55.8 Å². The molecule has 1 aliphatic rings. The van der Waals surface area contributed by atoms with Gasteiger partial charge in [0.25, 0.3) is 0 Å². The Balaban J connectivity index is 2.41. The van der Waals surface area contributed by atoms with Crippen molar-refractivity contribution in [3.05, 3.63) is 0 Å². The molecule has 4 heteroatoms. The quantitative estimate of drug-likeness (QED) is 0.742. The van der Waals surface area contributed by atoms with Gasteiger partial charge in [-0.2, -0.15) is 11.8 Å². The highest BCUT2D eigenvalue weighted by Crippen LogP contribution is 2.31. The first-order valence-electron chi connectivity index (χ1n) is 6.24. The summed E-state index contributed by atoms with van der Waals surface area (Å²) in [4.78, 5) is 2.44. The van der Waals surface area contributed by atoms with Crippen molar-refractivity contribution < 1.29 is 4.39 Å². The molecule has 3 atom stereocenters. The van der Waals surface area contributed by atoms with Gasteiger partial charge in [-0.1, -0.05) is 6.92 Å². The molecule has 1 fully saturated rings. The van der Waals surface area contributed by atoms with Crippen molar-refractivity contribution in [3.63, 3.8) is 0 Å². The Morgan fingerprint density at radius 2 is 2.19 bits per heavy atom. The maximum absolute atomic E-state index is 13.8. The van der Waals surface area contributed by atoms with Crippen LogP contribution in [0.2, 0.25) is 0 Å². The largest absolute Gasteiger partial charge is 0.319 e. The van der Waals surface area contributed by atoms with Crippen LogP contribution in [0.25, 0.3) is 0 Å². The molecule has 1 saturated carbocycles. The third kappa shape index (κ3) is 3.90. The minimum atomic E-state index is -0.610. The predicted octanol–water partition coefficient (Wildman–Crippen LogP) is 2.01. The van der Waals surface area contributed by atoms with Crippen LogP contribution in [-0.2, 0) is 0 Å². The molecule has 1 aliphatic carbocycles. The van der Waals surface area contributed by atoms with Crippen LogP contribution in [0.5, 0.6) is 0 Å². The Hall–Kier alpha value is 0.200. The Morgan fingerprint density at radius 3 is 2.75 bits per heavy atom. The van der Waals surface area contributed by atoms with Crippen molar-refractivity contribution >= 4 is 11.8 Å². The SMILES string of the molecule is CCN(CCSC)C1CC(F)C(CNC)C1. The number of halogens is 1. The second-order valence-electron chi connectivity index (χ2n) is 4.58. The number of thioether (sulfide) groups is 1. The molecule has 0 aromatic rings. The number of rotatable bonds is 7. The van der Waals surface area contributed by atoms with Gasteiger partial charge in [-0.25, -0.2) is 4.39 Å². The highest BCUT2D eigenvalue weighted by molar-refractivity contribution is 7.98. The Bertz CT molecular complexity index is 192. The zero-order valence-corrected chi connectivity index (χ0v) is 11.5. The van der Waals surface area contributed by atoms with E-state index in [2.05, 4.69) is 23.4 Å². The molecule has 1 N–H and O–H groups in total. The van der Waals surface area contributed by atoms with Gasteiger partial charge in [0.15, 0.2) is 0 Å². The third-order valence-electron chi connectivity index (χ3n) is 3.56. The molecule has 0 amide bonds. The normalized spacial score (nSPS) is 30.2. The van der Waals surface area contributed by atoms with Gasteiger partial charge >= 0.3 is 0 Å². The van der Waals surface area contributed by atoms with Crippen molar-refractivity contribution in [1.82, 2.24) is 10.2 Å². The molecule has 0 heterocycles.